The minimum Gasteiger partial charge on any atom is -0.480 e. The van der Waals surface area contributed by atoms with Gasteiger partial charge in [-0.2, -0.15) is 0 Å². The number of aliphatic carboxylic acids is 1. The van der Waals surface area contributed by atoms with Crippen molar-refractivity contribution in [3.8, 4) is 0 Å². The number of hydrogen-bond acceptors (Lipinski definition) is 6. The van der Waals surface area contributed by atoms with Crippen molar-refractivity contribution in [3.63, 3.8) is 0 Å². The number of aliphatic hydroxyl groups excluding tert-OH is 3. The zero-order chi connectivity index (χ0) is 27.8. The molecule has 7 N–H and O–H groups in total. The third-order valence-corrected chi connectivity index (χ3v) is 11.9. The topological polar surface area (TPSA) is 153 Å². The SMILES string of the molecule is C[C@H](CCC(=O)N[C@H](CCCCN)C(=O)O)[C@H]1CCC2[C@@H]3[C@H](O)C[C@@H]4C[C@H](O)CC[C@]4(C)[C@H]3C[C@H](O)[C@@]21C. The van der Waals surface area contributed by atoms with E-state index in [4.69, 9.17) is 5.73 Å². The summed E-state index contributed by atoms with van der Waals surface area (Å²) in [7, 11) is 0. The highest BCUT2D eigenvalue weighted by molar-refractivity contribution is 5.83. The second-order valence-corrected chi connectivity index (χ2v) is 13.8. The zero-order valence-electron chi connectivity index (χ0n) is 23.6. The Kier molecular flexibility index (Phi) is 9.17. The molecule has 0 spiro atoms. The van der Waals surface area contributed by atoms with Gasteiger partial charge in [-0.25, -0.2) is 4.79 Å². The maximum Gasteiger partial charge on any atom is 0.326 e. The van der Waals surface area contributed by atoms with Gasteiger partial charge in [-0.3, -0.25) is 4.79 Å². The fourth-order valence-corrected chi connectivity index (χ4v) is 9.71. The van der Waals surface area contributed by atoms with E-state index in [0.717, 1.165) is 44.9 Å². The maximum atomic E-state index is 12.7. The number of nitrogens with one attached hydrogen (secondary N) is 1. The van der Waals surface area contributed by atoms with E-state index >= 15 is 0 Å². The maximum absolute atomic E-state index is 12.7. The van der Waals surface area contributed by atoms with Gasteiger partial charge >= 0.3 is 5.97 Å². The molecule has 1 unspecified atom stereocenters. The highest BCUT2D eigenvalue weighted by atomic mass is 16.4. The molecule has 0 aromatic heterocycles. The number of nitrogens with two attached hydrogens (primary N) is 1. The summed E-state index contributed by atoms with van der Waals surface area (Å²) in [5, 5.41) is 45.6. The van der Waals surface area contributed by atoms with Crippen LogP contribution in [-0.4, -0.2) is 63.2 Å². The van der Waals surface area contributed by atoms with Gasteiger partial charge in [0.1, 0.15) is 6.04 Å². The van der Waals surface area contributed by atoms with Crippen LogP contribution in [0, 0.1) is 46.3 Å². The number of carboxylic acid groups (broad SMARTS) is 1. The lowest BCUT2D eigenvalue weighted by Gasteiger charge is -2.63. The van der Waals surface area contributed by atoms with Gasteiger partial charge in [0.2, 0.25) is 5.91 Å². The third kappa shape index (κ3) is 5.39. The van der Waals surface area contributed by atoms with E-state index in [9.17, 15) is 30.0 Å². The summed E-state index contributed by atoms with van der Waals surface area (Å²) in [6.45, 7) is 7.23. The molecule has 4 aliphatic carbocycles. The highest BCUT2D eigenvalue weighted by Gasteiger charge is 2.65. The van der Waals surface area contributed by atoms with Crippen LogP contribution in [-0.2, 0) is 9.59 Å². The van der Waals surface area contributed by atoms with Gasteiger partial charge < -0.3 is 31.5 Å². The van der Waals surface area contributed by atoms with Crippen molar-refractivity contribution in [1.29, 1.82) is 0 Å². The molecule has 4 saturated carbocycles. The predicted octanol–water partition coefficient (Wildman–Crippen LogP) is 3.06. The van der Waals surface area contributed by atoms with Crippen molar-refractivity contribution in [1.82, 2.24) is 5.32 Å². The number of rotatable bonds is 10. The van der Waals surface area contributed by atoms with Gasteiger partial charge in [0.15, 0.2) is 0 Å². The molecule has 4 aliphatic rings. The number of fused-ring (bicyclic) bond motifs is 5. The summed E-state index contributed by atoms with van der Waals surface area (Å²) in [4.78, 5) is 24.2. The molecule has 0 bridgehead atoms. The molecule has 38 heavy (non-hydrogen) atoms. The average Bonchev–Trinajstić information content (AvgIpc) is 3.22. The Morgan fingerprint density at radius 1 is 1.00 bits per heavy atom. The van der Waals surface area contributed by atoms with Crippen LogP contribution in [0.3, 0.4) is 0 Å². The minimum absolute atomic E-state index is 0.0536. The quantitative estimate of drug-likeness (QED) is 0.235. The Morgan fingerprint density at radius 3 is 2.42 bits per heavy atom. The van der Waals surface area contributed by atoms with Crippen molar-refractivity contribution < 1.29 is 30.0 Å². The first-order valence-corrected chi connectivity index (χ1v) is 15.2. The number of carbonyl (C=O) groups excluding carboxylic acids is 1. The van der Waals surface area contributed by atoms with E-state index in [1.54, 1.807) is 0 Å². The van der Waals surface area contributed by atoms with Crippen LogP contribution >= 0.6 is 0 Å². The van der Waals surface area contributed by atoms with Crippen molar-refractivity contribution in [2.45, 2.75) is 122 Å². The molecule has 1 amide bonds. The first kappa shape index (κ1) is 29.8. The van der Waals surface area contributed by atoms with Crippen LogP contribution in [0.15, 0.2) is 0 Å². The Morgan fingerprint density at radius 2 is 1.74 bits per heavy atom. The van der Waals surface area contributed by atoms with Crippen molar-refractivity contribution >= 4 is 11.9 Å². The molecule has 218 valence electrons. The largest absolute Gasteiger partial charge is 0.480 e. The molecule has 0 heterocycles. The van der Waals surface area contributed by atoms with Crippen molar-refractivity contribution in [3.05, 3.63) is 0 Å². The molecule has 8 nitrogen and oxygen atoms in total. The molecular weight excluding hydrogens is 484 g/mol. The van der Waals surface area contributed by atoms with Gasteiger partial charge in [0, 0.05) is 6.42 Å². The van der Waals surface area contributed by atoms with Crippen LogP contribution in [0.5, 0.6) is 0 Å². The number of unbranched alkanes of at least 4 members (excludes halogenated alkanes) is 1. The van der Waals surface area contributed by atoms with Gasteiger partial charge in [-0.05, 0) is 124 Å². The molecule has 0 aromatic rings. The summed E-state index contributed by atoms with van der Waals surface area (Å²) in [5.41, 5.74) is 5.26. The lowest BCUT2D eigenvalue weighted by Crippen LogP contribution is -2.62. The third-order valence-electron chi connectivity index (χ3n) is 11.9. The minimum atomic E-state index is -1.01. The van der Waals surface area contributed by atoms with Gasteiger partial charge in [-0.15, -0.1) is 0 Å². The summed E-state index contributed by atoms with van der Waals surface area (Å²) < 4.78 is 0. The first-order valence-electron chi connectivity index (χ1n) is 15.2. The lowest BCUT2D eigenvalue weighted by atomic mass is 9.43. The molecule has 8 heteroatoms. The van der Waals surface area contributed by atoms with Gasteiger partial charge in [0.05, 0.1) is 18.3 Å². The molecular formula is C30H52N2O6. The number of aliphatic hydroxyl groups is 3. The average molecular weight is 537 g/mol. The van der Waals surface area contributed by atoms with Crippen LogP contribution in [0.4, 0.5) is 0 Å². The van der Waals surface area contributed by atoms with Crippen LogP contribution in [0.25, 0.3) is 0 Å². The molecule has 4 rings (SSSR count). The van der Waals surface area contributed by atoms with E-state index in [2.05, 4.69) is 26.1 Å². The van der Waals surface area contributed by atoms with Crippen LogP contribution < -0.4 is 11.1 Å². The van der Waals surface area contributed by atoms with E-state index in [0.29, 0.717) is 38.1 Å². The molecule has 0 aliphatic heterocycles. The highest BCUT2D eigenvalue weighted by Crippen LogP contribution is 2.68. The number of hydrogen-bond donors (Lipinski definition) is 6. The number of carboxylic acids is 1. The Bertz CT molecular complexity index is 855. The summed E-state index contributed by atoms with van der Waals surface area (Å²) in [5.74, 6) is 0.202. The van der Waals surface area contributed by atoms with Crippen LogP contribution in [0.1, 0.15) is 97.8 Å². The van der Waals surface area contributed by atoms with Gasteiger partial charge in [-0.1, -0.05) is 20.8 Å². The van der Waals surface area contributed by atoms with Crippen LogP contribution in [0.2, 0.25) is 0 Å². The Hall–Kier alpha value is -1.22. The molecule has 4 fully saturated rings. The standard InChI is InChI=1S/C30H52N2O6/c1-17(7-10-26(36)32-23(28(37)38)6-4-5-13-31)20-8-9-21-27-22(16-25(35)30(20,21)3)29(2)12-11-19(33)14-18(29)15-24(27)34/h17-25,27,33-35H,4-16,31H2,1-3H3,(H,32,36)(H,37,38)/t17-,18+,19-,20-,21?,22+,23-,24-,25+,27+,29+,30-/m1/s1. The van der Waals surface area contributed by atoms with E-state index < -0.39 is 24.2 Å². The van der Waals surface area contributed by atoms with Gasteiger partial charge in [0.25, 0.3) is 0 Å². The molecule has 12 atom stereocenters. The molecule has 0 radical (unpaired) electrons. The van der Waals surface area contributed by atoms with E-state index in [1.807, 2.05) is 0 Å². The smallest absolute Gasteiger partial charge is 0.326 e. The Balaban J connectivity index is 1.41. The Labute approximate surface area is 228 Å². The van der Waals surface area contributed by atoms with Crippen molar-refractivity contribution in [2.75, 3.05) is 6.54 Å². The first-order chi connectivity index (χ1) is 17.9. The molecule has 0 saturated heterocycles. The summed E-state index contributed by atoms with van der Waals surface area (Å²) in [6.07, 6.45) is 7.50. The molecule has 0 aromatic carbocycles. The second kappa shape index (κ2) is 11.7. The zero-order valence-corrected chi connectivity index (χ0v) is 23.6. The fraction of sp³-hybridized carbons (Fsp3) is 0.933. The summed E-state index contributed by atoms with van der Waals surface area (Å²) >= 11 is 0. The monoisotopic (exact) mass is 536 g/mol. The van der Waals surface area contributed by atoms with Crippen molar-refractivity contribution in [2.24, 2.45) is 52.1 Å². The summed E-state index contributed by atoms with van der Waals surface area (Å²) in [6, 6.07) is -0.881. The van der Waals surface area contributed by atoms with E-state index in [-0.39, 0.29) is 58.9 Å². The number of amides is 1. The van der Waals surface area contributed by atoms with E-state index in [1.165, 1.54) is 0 Å². The lowest BCUT2D eigenvalue weighted by molar-refractivity contribution is -0.207. The number of carbonyl (C=O) groups is 2. The predicted molar refractivity (Wildman–Crippen MR) is 145 cm³/mol. The second-order valence-electron chi connectivity index (χ2n) is 13.8. The fourth-order valence-electron chi connectivity index (χ4n) is 9.71. The normalized spacial score (nSPS) is 43.9.